The van der Waals surface area contributed by atoms with Crippen LogP contribution in [0.2, 0.25) is 0 Å². The fourth-order valence-electron chi connectivity index (χ4n) is 2.26. The van der Waals surface area contributed by atoms with E-state index >= 15 is 0 Å². The van der Waals surface area contributed by atoms with Gasteiger partial charge in [-0.3, -0.25) is 14.5 Å². The van der Waals surface area contributed by atoms with E-state index in [4.69, 9.17) is 0 Å². The summed E-state index contributed by atoms with van der Waals surface area (Å²) in [4.78, 5) is 25.7. The van der Waals surface area contributed by atoms with Gasteiger partial charge in [-0.05, 0) is 30.2 Å². The van der Waals surface area contributed by atoms with Gasteiger partial charge in [-0.2, -0.15) is 0 Å². The van der Waals surface area contributed by atoms with Crippen molar-refractivity contribution in [3.05, 3.63) is 77.7 Å². The number of amides is 2. The van der Waals surface area contributed by atoms with Gasteiger partial charge >= 0.3 is 0 Å². The molecule has 1 radical (unpaired) electrons. The minimum atomic E-state index is -0.233. The Morgan fingerprint density at radius 1 is 0.842 bits per heavy atom. The lowest BCUT2D eigenvalue weighted by Gasteiger charge is -2.15. The largest absolute Gasteiger partial charge is 0.270 e. The van der Waals surface area contributed by atoms with Crippen molar-refractivity contribution in [2.75, 3.05) is 0 Å². The maximum atomic E-state index is 12.2. The maximum Gasteiger partial charge on any atom is 0.261 e. The molecule has 3 rings (SSSR count). The zero-order chi connectivity index (χ0) is 13.4. The van der Waals surface area contributed by atoms with Crippen LogP contribution >= 0.6 is 0 Å². The van der Waals surface area contributed by atoms with Gasteiger partial charge in [0.2, 0.25) is 0 Å². The fourth-order valence-corrected chi connectivity index (χ4v) is 2.26. The summed E-state index contributed by atoms with van der Waals surface area (Å²) >= 11 is 0. The third-order valence-electron chi connectivity index (χ3n) is 3.33. The van der Waals surface area contributed by atoms with Crippen molar-refractivity contribution in [3.8, 4) is 0 Å². The van der Waals surface area contributed by atoms with Gasteiger partial charge in [-0.25, -0.2) is 0 Å². The van der Waals surface area contributed by atoms with Gasteiger partial charge in [0.05, 0.1) is 17.7 Å². The average molecular weight is 250 g/mol. The zero-order valence-electron chi connectivity index (χ0n) is 10.3. The van der Waals surface area contributed by atoms with Crippen LogP contribution in [0.3, 0.4) is 0 Å². The lowest BCUT2D eigenvalue weighted by molar-refractivity contribution is 0.0642. The van der Waals surface area contributed by atoms with Crippen LogP contribution in [0.15, 0.2) is 48.5 Å². The normalized spacial score (nSPS) is 13.8. The molecule has 0 atom stereocenters. The zero-order valence-corrected chi connectivity index (χ0v) is 10.3. The van der Waals surface area contributed by atoms with Crippen molar-refractivity contribution in [2.24, 2.45) is 0 Å². The molecule has 0 aliphatic carbocycles. The number of hydrogen-bond acceptors (Lipinski definition) is 2. The SMILES string of the molecule is [CH2]c1ccccc1CN1C(=O)c2ccccc2C1=O. The summed E-state index contributed by atoms with van der Waals surface area (Å²) in [5, 5.41) is 0. The van der Waals surface area contributed by atoms with Gasteiger partial charge in [0.15, 0.2) is 0 Å². The average Bonchev–Trinajstić information content (AvgIpc) is 2.67. The molecular weight excluding hydrogens is 238 g/mol. The standard InChI is InChI=1S/C16H12NO2/c1-11-6-2-3-7-12(11)10-17-15(18)13-8-4-5-9-14(13)16(17)19/h2-9H,1,10H2. The summed E-state index contributed by atoms with van der Waals surface area (Å²) in [6.45, 7) is 4.18. The molecule has 0 bridgehead atoms. The van der Waals surface area contributed by atoms with E-state index in [1.165, 1.54) is 4.90 Å². The van der Waals surface area contributed by atoms with Crippen LogP contribution in [-0.4, -0.2) is 16.7 Å². The highest BCUT2D eigenvalue weighted by molar-refractivity contribution is 6.21. The van der Waals surface area contributed by atoms with E-state index in [0.29, 0.717) is 11.1 Å². The van der Waals surface area contributed by atoms with Gasteiger partial charge in [-0.15, -0.1) is 0 Å². The number of nitrogens with zero attached hydrogens (tertiary/aromatic N) is 1. The molecule has 3 heteroatoms. The molecule has 2 amide bonds. The molecule has 2 aromatic carbocycles. The van der Waals surface area contributed by atoms with E-state index in [1.54, 1.807) is 24.3 Å². The van der Waals surface area contributed by atoms with Gasteiger partial charge in [-0.1, -0.05) is 36.4 Å². The molecule has 19 heavy (non-hydrogen) atoms. The first kappa shape index (κ1) is 11.7. The summed E-state index contributed by atoms with van der Waals surface area (Å²) in [5.41, 5.74) is 2.68. The quantitative estimate of drug-likeness (QED) is 0.768. The van der Waals surface area contributed by atoms with E-state index in [-0.39, 0.29) is 18.4 Å². The third kappa shape index (κ3) is 1.83. The molecule has 0 unspecified atom stereocenters. The number of rotatable bonds is 2. The number of carbonyl (C=O) groups excluding carboxylic acids is 2. The van der Waals surface area contributed by atoms with E-state index in [2.05, 4.69) is 6.92 Å². The monoisotopic (exact) mass is 250 g/mol. The molecule has 0 N–H and O–H groups in total. The molecule has 1 aliphatic heterocycles. The number of benzene rings is 2. The smallest absolute Gasteiger partial charge is 0.261 e. The summed E-state index contributed by atoms with van der Waals surface area (Å²) < 4.78 is 0. The van der Waals surface area contributed by atoms with E-state index in [0.717, 1.165) is 11.1 Å². The highest BCUT2D eigenvalue weighted by Gasteiger charge is 2.34. The van der Waals surface area contributed by atoms with Crippen molar-refractivity contribution in [1.29, 1.82) is 0 Å². The Morgan fingerprint density at radius 3 is 1.95 bits per heavy atom. The number of hydrogen-bond donors (Lipinski definition) is 0. The molecule has 0 spiro atoms. The Kier molecular flexibility index (Phi) is 2.67. The minimum absolute atomic E-state index is 0.233. The molecular formula is C16H12NO2. The fraction of sp³-hybridized carbons (Fsp3) is 0.0625. The van der Waals surface area contributed by atoms with Crippen LogP contribution in [-0.2, 0) is 6.54 Å². The van der Waals surface area contributed by atoms with Gasteiger partial charge in [0.1, 0.15) is 0 Å². The molecule has 0 fully saturated rings. The number of fused-ring (bicyclic) bond motifs is 1. The molecule has 1 aliphatic rings. The molecule has 0 saturated heterocycles. The molecule has 93 valence electrons. The molecule has 0 saturated carbocycles. The van der Waals surface area contributed by atoms with Gasteiger partial charge in [0.25, 0.3) is 11.8 Å². The Labute approximate surface area is 111 Å². The summed E-state index contributed by atoms with van der Waals surface area (Å²) in [6, 6.07) is 14.4. The number of imide groups is 1. The lowest BCUT2D eigenvalue weighted by atomic mass is 10.1. The first-order valence-corrected chi connectivity index (χ1v) is 6.03. The Hall–Kier alpha value is -2.42. The second-order valence-electron chi connectivity index (χ2n) is 4.51. The second-order valence-corrected chi connectivity index (χ2v) is 4.51. The van der Waals surface area contributed by atoms with Crippen molar-refractivity contribution < 1.29 is 9.59 Å². The highest BCUT2D eigenvalue weighted by Crippen LogP contribution is 2.24. The van der Waals surface area contributed by atoms with Crippen LogP contribution in [0.25, 0.3) is 0 Å². The van der Waals surface area contributed by atoms with Crippen molar-refractivity contribution in [3.63, 3.8) is 0 Å². The first-order chi connectivity index (χ1) is 9.18. The molecule has 3 nitrogen and oxygen atoms in total. The molecule has 2 aromatic rings. The summed E-state index contributed by atoms with van der Waals surface area (Å²) in [7, 11) is 0. The predicted molar refractivity (Wildman–Crippen MR) is 71.5 cm³/mol. The Morgan fingerprint density at radius 2 is 1.37 bits per heavy atom. The molecule has 1 heterocycles. The summed E-state index contributed by atoms with van der Waals surface area (Å²) in [5.74, 6) is -0.465. The highest BCUT2D eigenvalue weighted by atomic mass is 16.2. The minimum Gasteiger partial charge on any atom is -0.270 e. The Balaban J connectivity index is 1.95. The predicted octanol–water partition coefficient (Wildman–Crippen LogP) is 2.66. The maximum absolute atomic E-state index is 12.2. The molecule has 0 aromatic heterocycles. The Bertz CT molecular complexity index is 641. The third-order valence-corrected chi connectivity index (χ3v) is 3.33. The summed E-state index contributed by atoms with van der Waals surface area (Å²) in [6.07, 6.45) is 0. The van der Waals surface area contributed by atoms with Crippen LogP contribution in [0.5, 0.6) is 0 Å². The van der Waals surface area contributed by atoms with E-state index < -0.39 is 0 Å². The van der Waals surface area contributed by atoms with Gasteiger partial charge < -0.3 is 0 Å². The lowest BCUT2D eigenvalue weighted by Crippen LogP contribution is -2.29. The van der Waals surface area contributed by atoms with Gasteiger partial charge in [0, 0.05) is 0 Å². The first-order valence-electron chi connectivity index (χ1n) is 6.03. The van der Waals surface area contributed by atoms with Crippen LogP contribution < -0.4 is 0 Å². The van der Waals surface area contributed by atoms with Crippen LogP contribution in [0.4, 0.5) is 0 Å². The second kappa shape index (κ2) is 4.35. The van der Waals surface area contributed by atoms with Crippen molar-refractivity contribution in [1.82, 2.24) is 4.90 Å². The topological polar surface area (TPSA) is 37.4 Å². The van der Waals surface area contributed by atoms with Crippen LogP contribution in [0, 0.1) is 6.92 Å². The number of carbonyl (C=O) groups is 2. The van der Waals surface area contributed by atoms with Crippen molar-refractivity contribution >= 4 is 11.8 Å². The van der Waals surface area contributed by atoms with E-state index in [9.17, 15) is 9.59 Å². The van der Waals surface area contributed by atoms with Crippen molar-refractivity contribution in [2.45, 2.75) is 6.54 Å². The van der Waals surface area contributed by atoms with E-state index in [1.807, 2.05) is 24.3 Å². The van der Waals surface area contributed by atoms with Crippen LogP contribution in [0.1, 0.15) is 31.8 Å².